The third kappa shape index (κ3) is 6.25. The Labute approximate surface area is 129 Å². The molecule has 0 aliphatic heterocycles. The number of aliphatic hydroxyl groups excluding tert-OH is 1. The molecular formula is C17H33NO3. The van der Waals surface area contributed by atoms with E-state index in [2.05, 4.69) is 6.92 Å². The van der Waals surface area contributed by atoms with E-state index < -0.39 is 5.60 Å². The minimum absolute atomic E-state index is 0.169. The molecular weight excluding hydrogens is 266 g/mol. The molecule has 124 valence electrons. The van der Waals surface area contributed by atoms with E-state index >= 15 is 0 Å². The summed E-state index contributed by atoms with van der Waals surface area (Å²) < 4.78 is 5.42. The van der Waals surface area contributed by atoms with Crippen LogP contribution in [-0.4, -0.2) is 40.9 Å². The van der Waals surface area contributed by atoms with E-state index in [1.54, 1.807) is 4.90 Å². The Kier molecular flexibility index (Phi) is 6.98. The molecule has 0 heterocycles. The first-order chi connectivity index (χ1) is 9.74. The summed E-state index contributed by atoms with van der Waals surface area (Å²) in [5.41, 5.74) is -0.446. The number of amides is 1. The van der Waals surface area contributed by atoms with Crippen LogP contribution in [0.25, 0.3) is 0 Å². The second-order valence-electron chi connectivity index (χ2n) is 7.37. The van der Waals surface area contributed by atoms with Crippen LogP contribution in [0.5, 0.6) is 0 Å². The lowest BCUT2D eigenvalue weighted by Crippen LogP contribution is -2.43. The second-order valence-corrected chi connectivity index (χ2v) is 7.37. The summed E-state index contributed by atoms with van der Waals surface area (Å²) in [6, 6.07) is 0.245. The molecule has 0 spiro atoms. The Morgan fingerprint density at radius 3 is 2.33 bits per heavy atom. The first-order valence-corrected chi connectivity index (χ1v) is 8.38. The molecule has 0 radical (unpaired) electrons. The molecule has 1 unspecified atom stereocenters. The number of hydrogen-bond donors (Lipinski definition) is 1. The van der Waals surface area contributed by atoms with Crippen LogP contribution in [0, 0.1) is 5.92 Å². The molecule has 1 aliphatic carbocycles. The second kappa shape index (κ2) is 8.02. The first-order valence-electron chi connectivity index (χ1n) is 8.38. The highest BCUT2D eigenvalue weighted by atomic mass is 16.6. The molecule has 1 amide bonds. The van der Waals surface area contributed by atoms with Crippen molar-refractivity contribution in [1.82, 2.24) is 4.90 Å². The highest BCUT2D eigenvalue weighted by molar-refractivity contribution is 5.68. The molecule has 1 N–H and O–H groups in total. The molecule has 0 saturated heterocycles. The molecule has 1 saturated carbocycles. The van der Waals surface area contributed by atoms with Crippen LogP contribution in [0.3, 0.4) is 0 Å². The Bertz CT molecular complexity index is 316. The Hall–Kier alpha value is -0.770. The average Bonchev–Trinajstić information content (AvgIpc) is 2.42. The predicted molar refractivity (Wildman–Crippen MR) is 85.3 cm³/mol. The first kappa shape index (κ1) is 18.3. The number of aliphatic hydroxyl groups is 1. The third-order valence-electron chi connectivity index (χ3n) is 4.37. The quantitative estimate of drug-likeness (QED) is 0.836. The summed E-state index contributed by atoms with van der Waals surface area (Å²) in [5, 5.41) is 10.2. The predicted octanol–water partition coefficient (Wildman–Crippen LogP) is 3.96. The van der Waals surface area contributed by atoms with Crippen molar-refractivity contribution < 1.29 is 14.6 Å². The Balaban J connectivity index is 2.40. The maximum Gasteiger partial charge on any atom is 0.410 e. The van der Waals surface area contributed by atoms with Crippen LogP contribution in [0.1, 0.15) is 72.6 Å². The van der Waals surface area contributed by atoms with Gasteiger partial charge >= 0.3 is 6.09 Å². The van der Waals surface area contributed by atoms with Gasteiger partial charge in [0.05, 0.1) is 6.10 Å². The van der Waals surface area contributed by atoms with Gasteiger partial charge < -0.3 is 14.7 Å². The lowest BCUT2D eigenvalue weighted by molar-refractivity contribution is 0.0109. The molecule has 1 rings (SSSR count). The zero-order chi connectivity index (χ0) is 16.0. The molecule has 1 aliphatic rings. The van der Waals surface area contributed by atoms with E-state index in [1.165, 1.54) is 0 Å². The van der Waals surface area contributed by atoms with Gasteiger partial charge in [-0.1, -0.05) is 19.8 Å². The van der Waals surface area contributed by atoms with Gasteiger partial charge in [-0.05, 0) is 58.8 Å². The van der Waals surface area contributed by atoms with E-state index in [-0.39, 0.29) is 18.2 Å². The molecule has 0 aromatic heterocycles. The van der Waals surface area contributed by atoms with Crippen LogP contribution >= 0.6 is 0 Å². The summed E-state index contributed by atoms with van der Waals surface area (Å²) in [7, 11) is 1.83. The monoisotopic (exact) mass is 299 g/mol. The van der Waals surface area contributed by atoms with Crippen molar-refractivity contribution in [1.29, 1.82) is 0 Å². The number of ether oxygens (including phenoxy) is 1. The fourth-order valence-electron chi connectivity index (χ4n) is 3.01. The van der Waals surface area contributed by atoms with Crippen molar-refractivity contribution >= 4 is 6.09 Å². The highest BCUT2D eigenvalue weighted by Gasteiger charge is 2.31. The van der Waals surface area contributed by atoms with E-state index in [9.17, 15) is 9.90 Å². The van der Waals surface area contributed by atoms with Gasteiger partial charge in [-0.3, -0.25) is 0 Å². The molecule has 0 bridgehead atoms. The van der Waals surface area contributed by atoms with Crippen molar-refractivity contribution in [3.63, 3.8) is 0 Å². The smallest absolute Gasteiger partial charge is 0.410 e. The zero-order valence-electron chi connectivity index (χ0n) is 14.4. The van der Waals surface area contributed by atoms with Gasteiger partial charge in [0.2, 0.25) is 0 Å². The van der Waals surface area contributed by atoms with E-state index in [4.69, 9.17) is 4.74 Å². The van der Waals surface area contributed by atoms with Crippen molar-refractivity contribution in [3.8, 4) is 0 Å². The largest absolute Gasteiger partial charge is 0.444 e. The molecule has 4 heteroatoms. The number of unbranched alkanes of at least 4 members (excludes halogenated alkanes) is 1. The fourth-order valence-corrected chi connectivity index (χ4v) is 3.01. The summed E-state index contributed by atoms with van der Waals surface area (Å²) in [4.78, 5) is 13.8. The number of rotatable bonds is 5. The van der Waals surface area contributed by atoms with Gasteiger partial charge in [0.25, 0.3) is 0 Å². The van der Waals surface area contributed by atoms with Crippen molar-refractivity contribution in [3.05, 3.63) is 0 Å². The topological polar surface area (TPSA) is 49.8 Å². The summed E-state index contributed by atoms with van der Waals surface area (Å²) in [6.07, 6.45) is 6.66. The van der Waals surface area contributed by atoms with Crippen molar-refractivity contribution in [2.45, 2.75) is 90.4 Å². The van der Waals surface area contributed by atoms with Crippen LogP contribution in [-0.2, 0) is 4.74 Å². The van der Waals surface area contributed by atoms with E-state index in [1.807, 2.05) is 27.8 Å². The van der Waals surface area contributed by atoms with Crippen molar-refractivity contribution in [2.75, 3.05) is 7.05 Å². The van der Waals surface area contributed by atoms with Gasteiger partial charge in [-0.2, -0.15) is 0 Å². The van der Waals surface area contributed by atoms with Gasteiger partial charge in [0.1, 0.15) is 5.60 Å². The maximum absolute atomic E-state index is 12.1. The fraction of sp³-hybridized carbons (Fsp3) is 0.941. The number of hydrogen-bond acceptors (Lipinski definition) is 3. The third-order valence-corrected chi connectivity index (χ3v) is 4.37. The van der Waals surface area contributed by atoms with Gasteiger partial charge in [0, 0.05) is 13.1 Å². The number of nitrogens with zero attached hydrogens (tertiary/aromatic N) is 1. The normalized spacial score (nSPS) is 24.5. The Morgan fingerprint density at radius 1 is 1.29 bits per heavy atom. The highest BCUT2D eigenvalue weighted by Crippen LogP contribution is 2.31. The Morgan fingerprint density at radius 2 is 1.86 bits per heavy atom. The van der Waals surface area contributed by atoms with Crippen molar-refractivity contribution in [2.24, 2.45) is 5.92 Å². The lowest BCUT2D eigenvalue weighted by atomic mass is 9.81. The average molecular weight is 299 g/mol. The molecule has 1 fully saturated rings. The standard InChI is InChI=1S/C17H33NO3/c1-6-7-8-15(19)13-9-11-14(12-10-13)18(5)16(20)21-17(2,3)4/h13-15,19H,6-12H2,1-5H3. The maximum atomic E-state index is 12.1. The van der Waals surface area contributed by atoms with E-state index in [0.29, 0.717) is 5.92 Å². The van der Waals surface area contributed by atoms with Crippen LogP contribution in [0.15, 0.2) is 0 Å². The molecule has 4 nitrogen and oxygen atoms in total. The van der Waals surface area contributed by atoms with Crippen LogP contribution < -0.4 is 0 Å². The SMILES string of the molecule is CCCCC(O)C1CCC(N(C)C(=O)OC(C)(C)C)CC1. The zero-order valence-corrected chi connectivity index (χ0v) is 14.4. The minimum atomic E-state index is -0.446. The van der Waals surface area contributed by atoms with Gasteiger partial charge in [-0.25, -0.2) is 4.79 Å². The summed E-state index contributed by atoms with van der Waals surface area (Å²) in [5.74, 6) is 0.403. The number of carbonyl (C=O) groups is 1. The van der Waals surface area contributed by atoms with Gasteiger partial charge in [0.15, 0.2) is 0 Å². The molecule has 1 atom stereocenters. The van der Waals surface area contributed by atoms with Crippen LogP contribution in [0.2, 0.25) is 0 Å². The molecule has 0 aromatic carbocycles. The number of carbonyl (C=O) groups excluding carboxylic acids is 1. The minimum Gasteiger partial charge on any atom is -0.444 e. The van der Waals surface area contributed by atoms with E-state index in [0.717, 1.165) is 44.9 Å². The molecule has 21 heavy (non-hydrogen) atoms. The van der Waals surface area contributed by atoms with Crippen LogP contribution in [0.4, 0.5) is 4.79 Å². The van der Waals surface area contributed by atoms with Gasteiger partial charge in [-0.15, -0.1) is 0 Å². The summed E-state index contributed by atoms with van der Waals surface area (Å²) >= 11 is 0. The lowest BCUT2D eigenvalue weighted by Gasteiger charge is -2.36. The molecule has 0 aromatic rings. The summed E-state index contributed by atoms with van der Waals surface area (Å²) in [6.45, 7) is 7.82.